The van der Waals surface area contributed by atoms with Gasteiger partial charge in [0.05, 0.1) is 11.7 Å². The normalized spacial score (nSPS) is 14.7. The second kappa shape index (κ2) is 8.72. The van der Waals surface area contributed by atoms with Crippen LogP contribution < -0.4 is 4.74 Å². The molecule has 2 aromatic carbocycles. The summed E-state index contributed by atoms with van der Waals surface area (Å²) in [4.78, 5) is 0. The topological polar surface area (TPSA) is 44.9 Å². The molecule has 1 saturated carbocycles. The molecule has 1 aliphatic carbocycles. The van der Waals surface area contributed by atoms with Crippen LogP contribution in [0.3, 0.4) is 0 Å². The van der Waals surface area contributed by atoms with Gasteiger partial charge in [0, 0.05) is 0 Å². The summed E-state index contributed by atoms with van der Waals surface area (Å²) in [6, 6.07) is 14.5. The zero-order valence-electron chi connectivity index (χ0n) is 18.2. The fraction of sp³-hybridized carbons (Fsp3) is 0.458. The van der Waals surface area contributed by atoms with E-state index in [0.717, 1.165) is 17.2 Å². The molecule has 5 nitrogen and oxygen atoms in total. The van der Waals surface area contributed by atoms with Gasteiger partial charge in [0.1, 0.15) is 11.5 Å². The lowest BCUT2D eigenvalue weighted by molar-refractivity contribution is 0.479. The van der Waals surface area contributed by atoms with Gasteiger partial charge >= 0.3 is 0 Å². The zero-order chi connectivity index (χ0) is 21.3. The minimum absolute atomic E-state index is 0.171. The van der Waals surface area contributed by atoms with Gasteiger partial charge in [-0.1, -0.05) is 44.9 Å². The van der Waals surface area contributed by atoms with Gasteiger partial charge in [-0.25, -0.2) is 4.68 Å². The zero-order valence-corrected chi connectivity index (χ0v) is 19.0. The fourth-order valence-electron chi connectivity index (χ4n) is 4.29. The maximum absolute atomic E-state index is 6.26. The van der Waals surface area contributed by atoms with E-state index in [1.54, 1.807) is 0 Å². The van der Waals surface area contributed by atoms with Gasteiger partial charge in [0.2, 0.25) is 4.77 Å². The smallest absolute Gasteiger partial charge is 0.220 e. The average Bonchev–Trinajstić information content (AvgIpc) is 3.38. The molecule has 0 atom stereocenters. The SMILES string of the molecule is CC(C)c1cc(Oc2ccccc2)cc(C2CCCC2)c1-n1nnn(C(C)C)c1=S. The van der Waals surface area contributed by atoms with E-state index in [1.807, 2.05) is 39.7 Å². The van der Waals surface area contributed by atoms with Crippen molar-refractivity contribution in [1.82, 2.24) is 19.8 Å². The molecule has 0 radical (unpaired) electrons. The summed E-state index contributed by atoms with van der Waals surface area (Å²) in [5, 5.41) is 8.82. The highest BCUT2D eigenvalue weighted by atomic mass is 32.1. The van der Waals surface area contributed by atoms with Gasteiger partial charge in [-0.05, 0) is 96.6 Å². The van der Waals surface area contributed by atoms with Crippen molar-refractivity contribution in [2.75, 3.05) is 0 Å². The van der Waals surface area contributed by atoms with Gasteiger partial charge in [-0.2, -0.15) is 4.68 Å². The third kappa shape index (κ3) is 4.06. The second-order valence-electron chi connectivity index (χ2n) is 8.71. The highest BCUT2D eigenvalue weighted by Crippen LogP contribution is 2.42. The van der Waals surface area contributed by atoms with Gasteiger partial charge < -0.3 is 4.74 Å². The molecule has 0 bridgehead atoms. The first kappa shape index (κ1) is 20.8. The molecule has 3 aromatic rings. The molecule has 0 N–H and O–H groups in total. The largest absolute Gasteiger partial charge is 0.457 e. The Bertz CT molecular complexity index is 1060. The Balaban J connectivity index is 1.90. The maximum Gasteiger partial charge on any atom is 0.220 e. The summed E-state index contributed by atoms with van der Waals surface area (Å²) in [5.74, 6) is 2.51. The predicted molar refractivity (Wildman–Crippen MR) is 122 cm³/mol. The van der Waals surface area contributed by atoms with Crippen LogP contribution in [-0.2, 0) is 0 Å². The number of para-hydroxylation sites is 1. The van der Waals surface area contributed by atoms with Crippen LogP contribution in [-0.4, -0.2) is 19.8 Å². The molecule has 1 heterocycles. The Hall–Kier alpha value is -2.47. The van der Waals surface area contributed by atoms with Crippen LogP contribution in [0.1, 0.15) is 82.4 Å². The van der Waals surface area contributed by atoms with Gasteiger partial charge in [0.15, 0.2) is 0 Å². The third-order valence-electron chi connectivity index (χ3n) is 5.84. The quantitative estimate of drug-likeness (QED) is 0.403. The van der Waals surface area contributed by atoms with Gasteiger partial charge in [-0.3, -0.25) is 0 Å². The molecular weight excluding hydrogens is 392 g/mol. The number of aromatic nitrogens is 4. The molecule has 1 aromatic heterocycles. The van der Waals surface area contributed by atoms with Gasteiger partial charge in [0.25, 0.3) is 0 Å². The molecule has 4 rings (SSSR count). The van der Waals surface area contributed by atoms with Crippen LogP contribution in [0.25, 0.3) is 5.69 Å². The summed E-state index contributed by atoms with van der Waals surface area (Å²) in [5.41, 5.74) is 3.56. The monoisotopic (exact) mass is 422 g/mol. The van der Waals surface area contributed by atoms with Crippen molar-refractivity contribution >= 4 is 12.2 Å². The van der Waals surface area contributed by atoms with E-state index in [4.69, 9.17) is 17.0 Å². The molecule has 6 heteroatoms. The van der Waals surface area contributed by atoms with Crippen molar-refractivity contribution in [1.29, 1.82) is 0 Å². The summed E-state index contributed by atoms with van der Waals surface area (Å²) in [7, 11) is 0. The standard InChI is InChI=1S/C24H30N4OS/c1-16(2)21-14-20(29-19-12-6-5-7-13-19)15-22(18-10-8-9-11-18)23(21)28-24(30)27(17(3)4)25-26-28/h5-7,12-18H,8-11H2,1-4H3. The summed E-state index contributed by atoms with van der Waals surface area (Å²) >= 11 is 5.77. The van der Waals surface area contributed by atoms with E-state index in [2.05, 4.69) is 50.3 Å². The lowest BCUT2D eigenvalue weighted by Crippen LogP contribution is -2.11. The number of hydrogen-bond donors (Lipinski definition) is 0. The van der Waals surface area contributed by atoms with Crippen molar-refractivity contribution in [2.24, 2.45) is 0 Å². The Labute approximate surface area is 183 Å². The number of hydrogen-bond acceptors (Lipinski definition) is 4. The molecule has 0 amide bonds. The molecule has 158 valence electrons. The summed E-state index contributed by atoms with van der Waals surface area (Å²) in [6.07, 6.45) is 4.89. The van der Waals surface area contributed by atoms with Crippen LogP contribution in [0.15, 0.2) is 42.5 Å². The number of nitrogens with zero attached hydrogens (tertiary/aromatic N) is 4. The summed E-state index contributed by atoms with van der Waals surface area (Å²) < 4.78 is 10.6. The van der Waals surface area contributed by atoms with Crippen molar-refractivity contribution in [3.63, 3.8) is 0 Å². The molecule has 0 saturated heterocycles. The van der Waals surface area contributed by atoms with Crippen LogP contribution in [0.5, 0.6) is 11.5 Å². The van der Waals surface area contributed by atoms with Crippen molar-refractivity contribution < 1.29 is 4.74 Å². The predicted octanol–water partition coefficient (Wildman–Crippen LogP) is 6.95. The molecule has 0 spiro atoms. The fourth-order valence-corrected chi connectivity index (χ4v) is 4.66. The van der Waals surface area contributed by atoms with E-state index in [1.165, 1.54) is 36.8 Å². The molecule has 1 aliphatic rings. The van der Waals surface area contributed by atoms with Crippen LogP contribution >= 0.6 is 12.2 Å². The average molecular weight is 423 g/mol. The first-order valence-electron chi connectivity index (χ1n) is 10.9. The van der Waals surface area contributed by atoms with Gasteiger partial charge in [-0.15, -0.1) is 0 Å². The van der Waals surface area contributed by atoms with E-state index >= 15 is 0 Å². The molecule has 0 aliphatic heterocycles. The van der Waals surface area contributed by atoms with E-state index in [0.29, 0.717) is 16.6 Å². The van der Waals surface area contributed by atoms with E-state index in [9.17, 15) is 0 Å². The van der Waals surface area contributed by atoms with Crippen LogP contribution in [0.4, 0.5) is 0 Å². The number of benzene rings is 2. The number of ether oxygens (including phenoxy) is 1. The lowest BCUT2D eigenvalue weighted by Gasteiger charge is -2.22. The number of rotatable bonds is 6. The molecular formula is C24H30N4OS. The van der Waals surface area contributed by atoms with Crippen molar-refractivity contribution in [3.05, 3.63) is 58.4 Å². The van der Waals surface area contributed by atoms with Crippen LogP contribution in [0.2, 0.25) is 0 Å². The first-order chi connectivity index (χ1) is 14.5. The second-order valence-corrected chi connectivity index (χ2v) is 9.08. The first-order valence-corrected chi connectivity index (χ1v) is 11.3. The maximum atomic E-state index is 6.26. The van der Waals surface area contributed by atoms with E-state index in [-0.39, 0.29) is 6.04 Å². The van der Waals surface area contributed by atoms with Crippen molar-refractivity contribution in [2.45, 2.75) is 71.3 Å². The Morgan fingerprint density at radius 3 is 2.27 bits per heavy atom. The highest BCUT2D eigenvalue weighted by molar-refractivity contribution is 7.71. The lowest BCUT2D eigenvalue weighted by atomic mass is 9.89. The van der Waals surface area contributed by atoms with Crippen molar-refractivity contribution in [3.8, 4) is 17.2 Å². The molecule has 1 fully saturated rings. The third-order valence-corrected chi connectivity index (χ3v) is 6.20. The van der Waals surface area contributed by atoms with E-state index < -0.39 is 0 Å². The molecule has 30 heavy (non-hydrogen) atoms. The Kier molecular flexibility index (Phi) is 6.04. The number of tetrazole rings is 1. The Morgan fingerprint density at radius 1 is 0.967 bits per heavy atom. The summed E-state index contributed by atoms with van der Waals surface area (Å²) in [6.45, 7) is 8.57. The van der Waals surface area contributed by atoms with Crippen LogP contribution in [0, 0.1) is 4.77 Å². The minimum Gasteiger partial charge on any atom is -0.457 e. The highest BCUT2D eigenvalue weighted by Gasteiger charge is 2.26. The Morgan fingerprint density at radius 2 is 1.67 bits per heavy atom. The molecule has 0 unspecified atom stereocenters. The minimum atomic E-state index is 0.171.